The van der Waals surface area contributed by atoms with Gasteiger partial charge in [-0.2, -0.15) is 4.37 Å². The summed E-state index contributed by atoms with van der Waals surface area (Å²) >= 11 is 1.32. The second-order valence-corrected chi connectivity index (χ2v) is 5.71. The van der Waals surface area contributed by atoms with Crippen LogP contribution in [-0.4, -0.2) is 36.2 Å². The lowest BCUT2D eigenvalue weighted by molar-refractivity contribution is 0.0527. The summed E-state index contributed by atoms with van der Waals surface area (Å²) in [5.74, 6) is 0.202. The molecule has 0 bridgehead atoms. The zero-order chi connectivity index (χ0) is 14.5. The van der Waals surface area contributed by atoms with E-state index in [2.05, 4.69) is 16.6 Å². The van der Waals surface area contributed by atoms with Crippen LogP contribution >= 0.6 is 11.5 Å². The van der Waals surface area contributed by atoms with Crippen molar-refractivity contribution < 1.29 is 14.3 Å². The molecule has 0 saturated carbocycles. The molecule has 0 aliphatic carbocycles. The first-order valence-electron chi connectivity index (χ1n) is 7.16. The molecule has 1 aliphatic rings. The van der Waals surface area contributed by atoms with Crippen LogP contribution in [0.2, 0.25) is 0 Å². The van der Waals surface area contributed by atoms with Crippen molar-refractivity contribution in [2.75, 3.05) is 25.1 Å². The van der Waals surface area contributed by atoms with E-state index < -0.39 is 0 Å². The number of carbonyl (C=O) groups excluding carboxylic acids is 1. The number of nitrogens with one attached hydrogen (secondary N) is 1. The Kier molecular flexibility index (Phi) is 5.37. The van der Waals surface area contributed by atoms with Gasteiger partial charge in [-0.25, -0.2) is 4.79 Å². The Morgan fingerprint density at radius 2 is 2.35 bits per heavy atom. The van der Waals surface area contributed by atoms with Gasteiger partial charge in [0.1, 0.15) is 10.6 Å². The first-order valence-corrected chi connectivity index (χ1v) is 7.93. The van der Waals surface area contributed by atoms with Crippen molar-refractivity contribution in [3.63, 3.8) is 0 Å². The Morgan fingerprint density at radius 1 is 1.55 bits per heavy atom. The molecule has 2 heterocycles. The van der Waals surface area contributed by atoms with Crippen molar-refractivity contribution in [2.24, 2.45) is 5.92 Å². The third-order valence-corrected chi connectivity index (χ3v) is 4.51. The number of rotatable bonds is 6. The van der Waals surface area contributed by atoms with Gasteiger partial charge in [0.2, 0.25) is 0 Å². The van der Waals surface area contributed by atoms with Crippen LogP contribution in [0.25, 0.3) is 0 Å². The number of hydrogen-bond acceptors (Lipinski definition) is 6. The van der Waals surface area contributed by atoms with Crippen molar-refractivity contribution in [2.45, 2.75) is 39.7 Å². The van der Waals surface area contributed by atoms with Gasteiger partial charge in [-0.3, -0.25) is 0 Å². The van der Waals surface area contributed by atoms with Crippen molar-refractivity contribution >= 4 is 22.5 Å². The number of aryl methyl sites for hydroxylation is 1. The van der Waals surface area contributed by atoms with Gasteiger partial charge >= 0.3 is 5.97 Å². The normalized spacial score (nSPS) is 21.9. The SMILES string of the molecule is CCOC(=O)c1c(C)nsc1NCC1CCOC1CC. The Labute approximate surface area is 123 Å². The van der Waals surface area contributed by atoms with E-state index in [1.807, 2.05) is 13.8 Å². The monoisotopic (exact) mass is 298 g/mol. The lowest BCUT2D eigenvalue weighted by Crippen LogP contribution is -2.23. The summed E-state index contributed by atoms with van der Waals surface area (Å²) in [6.45, 7) is 7.80. The lowest BCUT2D eigenvalue weighted by Gasteiger charge is -2.17. The van der Waals surface area contributed by atoms with Crippen LogP contribution < -0.4 is 5.32 Å². The van der Waals surface area contributed by atoms with Crippen LogP contribution in [0.1, 0.15) is 42.7 Å². The number of ether oxygens (including phenoxy) is 2. The number of carbonyl (C=O) groups is 1. The molecule has 1 fully saturated rings. The summed E-state index contributed by atoms with van der Waals surface area (Å²) in [6.07, 6.45) is 2.42. The van der Waals surface area contributed by atoms with Crippen LogP contribution in [0, 0.1) is 12.8 Å². The molecular formula is C14H22N2O3S. The van der Waals surface area contributed by atoms with Crippen LogP contribution in [0.3, 0.4) is 0 Å². The lowest BCUT2D eigenvalue weighted by atomic mass is 10.00. The van der Waals surface area contributed by atoms with Crippen LogP contribution in [-0.2, 0) is 9.47 Å². The summed E-state index contributed by atoms with van der Waals surface area (Å²) in [6, 6.07) is 0. The van der Waals surface area contributed by atoms with Gasteiger partial charge in [0.05, 0.1) is 18.4 Å². The van der Waals surface area contributed by atoms with E-state index in [9.17, 15) is 4.79 Å². The van der Waals surface area contributed by atoms with E-state index in [0.29, 0.717) is 24.2 Å². The van der Waals surface area contributed by atoms with Crippen molar-refractivity contribution in [1.29, 1.82) is 0 Å². The highest BCUT2D eigenvalue weighted by molar-refractivity contribution is 7.10. The smallest absolute Gasteiger partial charge is 0.343 e. The van der Waals surface area contributed by atoms with E-state index in [1.54, 1.807) is 0 Å². The third kappa shape index (κ3) is 3.30. The van der Waals surface area contributed by atoms with Gasteiger partial charge in [0, 0.05) is 19.1 Å². The summed E-state index contributed by atoms with van der Waals surface area (Å²) < 4.78 is 15.0. The van der Waals surface area contributed by atoms with Crippen LogP contribution in [0.4, 0.5) is 5.00 Å². The van der Waals surface area contributed by atoms with Gasteiger partial charge in [0.15, 0.2) is 0 Å². The number of nitrogens with zero attached hydrogens (tertiary/aromatic N) is 1. The predicted molar refractivity (Wildman–Crippen MR) is 79.4 cm³/mol. The zero-order valence-electron chi connectivity index (χ0n) is 12.3. The molecule has 0 spiro atoms. The molecule has 1 saturated heterocycles. The second kappa shape index (κ2) is 7.04. The van der Waals surface area contributed by atoms with E-state index in [0.717, 1.165) is 36.7 Å². The number of anilines is 1. The molecule has 1 aliphatic heterocycles. The topological polar surface area (TPSA) is 60.5 Å². The Morgan fingerprint density at radius 3 is 3.05 bits per heavy atom. The summed E-state index contributed by atoms with van der Waals surface area (Å²) in [5.41, 5.74) is 1.30. The highest BCUT2D eigenvalue weighted by Gasteiger charge is 2.27. The Bertz CT molecular complexity index is 461. The number of aromatic nitrogens is 1. The molecule has 2 unspecified atom stereocenters. The quantitative estimate of drug-likeness (QED) is 0.818. The largest absolute Gasteiger partial charge is 0.462 e. The van der Waals surface area contributed by atoms with Crippen molar-refractivity contribution in [1.82, 2.24) is 4.37 Å². The molecule has 1 aromatic heterocycles. The summed E-state index contributed by atoms with van der Waals surface area (Å²) in [5, 5.41) is 4.16. The summed E-state index contributed by atoms with van der Waals surface area (Å²) in [4.78, 5) is 11.9. The van der Waals surface area contributed by atoms with Gasteiger partial charge < -0.3 is 14.8 Å². The standard InChI is InChI=1S/C14H22N2O3S/c1-4-11-10(6-7-19-11)8-15-13-12(9(3)16-20-13)14(17)18-5-2/h10-11,15H,4-8H2,1-3H3. The molecule has 112 valence electrons. The fraction of sp³-hybridized carbons (Fsp3) is 0.714. The third-order valence-electron chi connectivity index (χ3n) is 3.62. The number of hydrogen-bond donors (Lipinski definition) is 1. The van der Waals surface area contributed by atoms with Crippen molar-refractivity contribution in [3.05, 3.63) is 11.3 Å². The second-order valence-electron chi connectivity index (χ2n) is 4.94. The molecule has 6 heteroatoms. The minimum absolute atomic E-state index is 0.295. The predicted octanol–water partition coefficient (Wildman–Crippen LogP) is 2.86. The minimum Gasteiger partial charge on any atom is -0.462 e. The first kappa shape index (κ1) is 15.3. The van der Waals surface area contributed by atoms with Gasteiger partial charge in [-0.1, -0.05) is 6.92 Å². The molecule has 2 rings (SSSR count). The van der Waals surface area contributed by atoms with E-state index in [-0.39, 0.29) is 5.97 Å². The molecule has 0 radical (unpaired) electrons. The van der Waals surface area contributed by atoms with Crippen LogP contribution in [0.5, 0.6) is 0 Å². The Balaban J connectivity index is 2.01. The highest BCUT2D eigenvalue weighted by Crippen LogP contribution is 2.28. The Hall–Kier alpha value is -1.14. The van der Waals surface area contributed by atoms with E-state index in [1.165, 1.54) is 11.5 Å². The first-order chi connectivity index (χ1) is 9.67. The highest BCUT2D eigenvalue weighted by atomic mass is 32.1. The van der Waals surface area contributed by atoms with Crippen LogP contribution in [0.15, 0.2) is 0 Å². The molecule has 5 nitrogen and oxygen atoms in total. The van der Waals surface area contributed by atoms with Gasteiger partial charge in [-0.05, 0) is 38.2 Å². The molecule has 1 N–H and O–H groups in total. The van der Waals surface area contributed by atoms with E-state index >= 15 is 0 Å². The average molecular weight is 298 g/mol. The maximum Gasteiger partial charge on any atom is 0.343 e. The molecule has 20 heavy (non-hydrogen) atoms. The molecule has 2 atom stereocenters. The molecule has 0 amide bonds. The van der Waals surface area contributed by atoms with Crippen molar-refractivity contribution in [3.8, 4) is 0 Å². The fourth-order valence-corrected chi connectivity index (χ4v) is 3.32. The molecular weight excluding hydrogens is 276 g/mol. The minimum atomic E-state index is -0.295. The maximum atomic E-state index is 11.9. The van der Waals surface area contributed by atoms with Gasteiger partial charge in [-0.15, -0.1) is 0 Å². The van der Waals surface area contributed by atoms with E-state index in [4.69, 9.17) is 9.47 Å². The van der Waals surface area contributed by atoms with Gasteiger partial charge in [0.25, 0.3) is 0 Å². The zero-order valence-corrected chi connectivity index (χ0v) is 13.1. The summed E-state index contributed by atoms with van der Waals surface area (Å²) in [7, 11) is 0. The molecule has 1 aromatic rings. The fourth-order valence-electron chi connectivity index (χ4n) is 2.54. The maximum absolute atomic E-state index is 11.9. The molecule has 0 aromatic carbocycles. The average Bonchev–Trinajstić information content (AvgIpc) is 3.02. The number of esters is 1.